The highest BCUT2D eigenvalue weighted by Gasteiger charge is 2.17. The number of aromatic hydroxyl groups is 2. The van der Waals surface area contributed by atoms with Crippen LogP contribution in [0.3, 0.4) is 0 Å². The van der Waals surface area contributed by atoms with Crippen LogP contribution in [0.1, 0.15) is 15.2 Å². The molecule has 5 nitrogen and oxygen atoms in total. The molecule has 0 radical (unpaired) electrons. The van der Waals surface area contributed by atoms with E-state index in [0.717, 1.165) is 4.88 Å². The van der Waals surface area contributed by atoms with Crippen molar-refractivity contribution in [2.45, 2.75) is 6.42 Å². The summed E-state index contributed by atoms with van der Waals surface area (Å²) in [6.45, 7) is 0.214. The molecule has 1 aromatic heterocycles. The molecular formula is C15H17NO4S. The van der Waals surface area contributed by atoms with Crippen molar-refractivity contribution in [3.05, 3.63) is 46.2 Å². The lowest BCUT2D eigenvalue weighted by atomic mass is 10.1. The highest BCUT2D eigenvalue weighted by Crippen LogP contribution is 2.26. The smallest absolute Gasteiger partial charge is 0.258 e. The van der Waals surface area contributed by atoms with Gasteiger partial charge in [-0.1, -0.05) is 12.1 Å². The number of carbonyl (C=O) groups is 1. The summed E-state index contributed by atoms with van der Waals surface area (Å²) in [7, 11) is 0. The Morgan fingerprint density at radius 2 is 1.90 bits per heavy atom. The molecule has 2 aromatic rings. The van der Waals surface area contributed by atoms with Gasteiger partial charge in [0, 0.05) is 23.9 Å². The third-order valence-electron chi connectivity index (χ3n) is 3.13. The van der Waals surface area contributed by atoms with Crippen LogP contribution in [0.2, 0.25) is 0 Å². The highest BCUT2D eigenvalue weighted by molar-refractivity contribution is 7.09. The van der Waals surface area contributed by atoms with Crippen LogP contribution < -0.4 is 5.32 Å². The molecule has 0 aliphatic rings. The highest BCUT2D eigenvalue weighted by atomic mass is 32.1. The van der Waals surface area contributed by atoms with Crippen LogP contribution in [-0.4, -0.2) is 34.4 Å². The standard InChI is InChI=1S/C15H17NO4S/c17-9-10(7-11-3-2-6-21-11)8-16-15(20)14-12(18)4-1-5-13(14)19/h1-6,10,17-19H,7-9H2,(H,16,20)/t10-/m1/s1. The summed E-state index contributed by atoms with van der Waals surface area (Å²) in [5, 5.41) is 33.2. The molecule has 0 saturated carbocycles. The van der Waals surface area contributed by atoms with Gasteiger partial charge in [-0.3, -0.25) is 4.79 Å². The van der Waals surface area contributed by atoms with E-state index in [4.69, 9.17) is 0 Å². The summed E-state index contributed by atoms with van der Waals surface area (Å²) in [6.07, 6.45) is 0.668. The second kappa shape index (κ2) is 7.10. The number of phenols is 2. The zero-order chi connectivity index (χ0) is 15.2. The lowest BCUT2D eigenvalue weighted by molar-refractivity contribution is 0.0934. The van der Waals surface area contributed by atoms with E-state index in [-0.39, 0.29) is 36.1 Å². The van der Waals surface area contributed by atoms with Crippen LogP contribution in [0.25, 0.3) is 0 Å². The summed E-state index contributed by atoms with van der Waals surface area (Å²) in [4.78, 5) is 13.1. The number of carbonyl (C=O) groups excluding carboxylic acids is 1. The molecule has 1 amide bonds. The number of phenolic OH excluding ortho intramolecular Hbond substituents is 2. The fourth-order valence-electron chi connectivity index (χ4n) is 2.00. The molecule has 0 fully saturated rings. The molecular weight excluding hydrogens is 290 g/mol. The SMILES string of the molecule is O=C(NC[C@H](CO)Cc1cccs1)c1c(O)cccc1O. The first kappa shape index (κ1) is 15.3. The van der Waals surface area contributed by atoms with Gasteiger partial charge in [0.2, 0.25) is 0 Å². The Balaban J connectivity index is 1.96. The van der Waals surface area contributed by atoms with Gasteiger partial charge in [-0.15, -0.1) is 11.3 Å². The average Bonchev–Trinajstić information content (AvgIpc) is 2.96. The first-order valence-corrected chi connectivity index (χ1v) is 7.42. The normalized spacial score (nSPS) is 12.0. The largest absolute Gasteiger partial charge is 0.507 e. The minimum atomic E-state index is -0.560. The fourth-order valence-corrected chi connectivity index (χ4v) is 2.82. The van der Waals surface area contributed by atoms with E-state index < -0.39 is 5.91 Å². The van der Waals surface area contributed by atoms with Gasteiger partial charge in [-0.2, -0.15) is 0 Å². The van der Waals surface area contributed by atoms with Crippen molar-refractivity contribution in [3.63, 3.8) is 0 Å². The van der Waals surface area contributed by atoms with Gasteiger partial charge in [0.15, 0.2) is 0 Å². The Morgan fingerprint density at radius 1 is 1.19 bits per heavy atom. The molecule has 2 rings (SSSR count). The van der Waals surface area contributed by atoms with Gasteiger partial charge in [0.05, 0.1) is 0 Å². The van der Waals surface area contributed by atoms with Gasteiger partial charge >= 0.3 is 0 Å². The number of hydrogen-bond donors (Lipinski definition) is 4. The van der Waals surface area contributed by atoms with Crippen LogP contribution in [0, 0.1) is 5.92 Å². The van der Waals surface area contributed by atoms with Crippen LogP contribution in [0.4, 0.5) is 0 Å². The van der Waals surface area contributed by atoms with Crippen molar-refractivity contribution >= 4 is 17.2 Å². The van der Waals surface area contributed by atoms with E-state index in [9.17, 15) is 20.1 Å². The first-order chi connectivity index (χ1) is 10.1. The number of thiophene rings is 1. The second-order valence-corrected chi connectivity index (χ2v) is 5.75. The zero-order valence-electron chi connectivity index (χ0n) is 11.3. The van der Waals surface area contributed by atoms with Gasteiger partial charge < -0.3 is 20.6 Å². The van der Waals surface area contributed by atoms with Gasteiger partial charge in [0.25, 0.3) is 5.91 Å². The van der Waals surface area contributed by atoms with Crippen molar-refractivity contribution in [1.82, 2.24) is 5.32 Å². The summed E-state index contributed by atoms with van der Waals surface area (Å²) in [5.74, 6) is -1.21. The number of aliphatic hydroxyl groups excluding tert-OH is 1. The van der Waals surface area contributed by atoms with Crippen molar-refractivity contribution in [1.29, 1.82) is 0 Å². The number of aliphatic hydroxyl groups is 1. The van der Waals surface area contributed by atoms with E-state index in [2.05, 4.69) is 5.32 Å². The minimum Gasteiger partial charge on any atom is -0.507 e. The van der Waals surface area contributed by atoms with E-state index >= 15 is 0 Å². The molecule has 4 N–H and O–H groups in total. The number of amides is 1. The minimum absolute atomic E-state index is 0.0507. The van der Waals surface area contributed by atoms with Gasteiger partial charge in [-0.05, 0) is 30.0 Å². The zero-order valence-corrected chi connectivity index (χ0v) is 12.1. The summed E-state index contributed by atoms with van der Waals surface area (Å²) in [5.41, 5.74) is -0.148. The molecule has 1 aromatic carbocycles. The van der Waals surface area contributed by atoms with E-state index in [1.54, 1.807) is 11.3 Å². The monoisotopic (exact) mass is 307 g/mol. The predicted octanol–water partition coefficient (Wildman–Crippen LogP) is 1.74. The molecule has 0 unspecified atom stereocenters. The quantitative estimate of drug-likeness (QED) is 0.654. The van der Waals surface area contributed by atoms with E-state index in [1.807, 2.05) is 17.5 Å². The summed E-state index contributed by atoms with van der Waals surface area (Å²) < 4.78 is 0. The predicted molar refractivity (Wildman–Crippen MR) is 80.7 cm³/mol. The Hall–Kier alpha value is -2.05. The maximum atomic E-state index is 12.0. The number of nitrogens with one attached hydrogen (secondary N) is 1. The van der Waals surface area contributed by atoms with E-state index in [0.29, 0.717) is 6.42 Å². The molecule has 0 aliphatic heterocycles. The molecule has 0 spiro atoms. The Morgan fingerprint density at radius 3 is 2.48 bits per heavy atom. The van der Waals surface area contributed by atoms with Crippen molar-refractivity contribution in [2.75, 3.05) is 13.2 Å². The van der Waals surface area contributed by atoms with Crippen LogP contribution >= 0.6 is 11.3 Å². The molecule has 0 bridgehead atoms. The van der Waals surface area contributed by atoms with Crippen LogP contribution in [0.15, 0.2) is 35.7 Å². The van der Waals surface area contributed by atoms with Crippen molar-refractivity contribution < 1.29 is 20.1 Å². The Bertz CT molecular complexity index is 577. The lowest BCUT2D eigenvalue weighted by Gasteiger charge is -2.15. The topological polar surface area (TPSA) is 89.8 Å². The number of rotatable bonds is 6. The van der Waals surface area contributed by atoms with Crippen LogP contribution in [-0.2, 0) is 6.42 Å². The molecule has 112 valence electrons. The second-order valence-electron chi connectivity index (χ2n) is 4.71. The van der Waals surface area contributed by atoms with Crippen molar-refractivity contribution in [2.24, 2.45) is 5.92 Å². The van der Waals surface area contributed by atoms with Crippen molar-refractivity contribution in [3.8, 4) is 11.5 Å². The maximum Gasteiger partial charge on any atom is 0.258 e. The van der Waals surface area contributed by atoms with E-state index in [1.165, 1.54) is 18.2 Å². The summed E-state index contributed by atoms with van der Waals surface area (Å²) in [6, 6.07) is 8.04. The fraction of sp³-hybridized carbons (Fsp3) is 0.267. The van der Waals surface area contributed by atoms with Crippen LogP contribution in [0.5, 0.6) is 11.5 Å². The average molecular weight is 307 g/mol. The van der Waals surface area contributed by atoms with Gasteiger partial charge in [0.1, 0.15) is 17.1 Å². The number of benzene rings is 1. The molecule has 0 saturated heterocycles. The third kappa shape index (κ3) is 3.96. The number of hydrogen-bond acceptors (Lipinski definition) is 5. The Labute approximate surface area is 126 Å². The van der Waals surface area contributed by atoms with Gasteiger partial charge in [-0.25, -0.2) is 0 Å². The molecule has 0 aliphatic carbocycles. The molecule has 21 heavy (non-hydrogen) atoms. The summed E-state index contributed by atoms with van der Waals surface area (Å²) >= 11 is 1.60. The maximum absolute atomic E-state index is 12.0. The first-order valence-electron chi connectivity index (χ1n) is 6.54. The molecule has 1 atom stereocenters. The Kier molecular flexibility index (Phi) is 5.19. The third-order valence-corrected chi connectivity index (χ3v) is 4.03. The lowest BCUT2D eigenvalue weighted by Crippen LogP contribution is -2.31. The molecule has 1 heterocycles. The molecule has 6 heteroatoms.